The first-order chi connectivity index (χ1) is 8.22. The molecule has 1 rings (SSSR count). The van der Waals surface area contributed by atoms with Gasteiger partial charge in [-0.3, -0.25) is 0 Å². The molecular formula is C12H22N2O3. The molecule has 0 saturated carbocycles. The molecular weight excluding hydrogens is 220 g/mol. The van der Waals surface area contributed by atoms with E-state index < -0.39 is 6.10 Å². The van der Waals surface area contributed by atoms with Crippen LogP contribution >= 0.6 is 0 Å². The third-order valence-corrected chi connectivity index (χ3v) is 2.77. The minimum Gasteiger partial charge on any atom is -0.389 e. The van der Waals surface area contributed by atoms with E-state index >= 15 is 0 Å². The highest BCUT2D eigenvalue weighted by Crippen LogP contribution is 2.11. The summed E-state index contributed by atoms with van der Waals surface area (Å²) in [5.41, 5.74) is 0. The van der Waals surface area contributed by atoms with E-state index in [4.69, 9.17) is 14.7 Å². The highest BCUT2D eigenvalue weighted by molar-refractivity contribution is 4.72. The Morgan fingerprint density at radius 2 is 2.47 bits per heavy atom. The van der Waals surface area contributed by atoms with Crippen molar-refractivity contribution in [2.45, 2.75) is 31.5 Å². The highest BCUT2D eigenvalue weighted by Gasteiger charge is 2.16. The van der Waals surface area contributed by atoms with Crippen LogP contribution in [0.1, 0.15) is 19.3 Å². The summed E-state index contributed by atoms with van der Waals surface area (Å²) in [6.45, 7) is 2.94. The second kappa shape index (κ2) is 8.43. The van der Waals surface area contributed by atoms with Crippen molar-refractivity contribution in [3.05, 3.63) is 0 Å². The third kappa shape index (κ3) is 6.59. The van der Waals surface area contributed by atoms with Crippen LogP contribution in [0.4, 0.5) is 0 Å². The summed E-state index contributed by atoms with van der Waals surface area (Å²) in [5.74, 6) is 0. The Bertz CT molecular complexity index is 236. The zero-order chi connectivity index (χ0) is 12.5. The molecule has 5 heteroatoms. The fourth-order valence-electron chi connectivity index (χ4n) is 1.86. The van der Waals surface area contributed by atoms with E-state index in [0.29, 0.717) is 32.7 Å². The zero-order valence-corrected chi connectivity index (χ0v) is 10.5. The number of hydrogen-bond acceptors (Lipinski definition) is 5. The van der Waals surface area contributed by atoms with Crippen LogP contribution in [0.2, 0.25) is 0 Å². The van der Waals surface area contributed by atoms with Crippen molar-refractivity contribution in [1.29, 1.82) is 5.26 Å². The van der Waals surface area contributed by atoms with E-state index in [0.717, 1.165) is 19.4 Å². The van der Waals surface area contributed by atoms with Crippen LogP contribution in [0, 0.1) is 11.3 Å². The molecule has 1 saturated heterocycles. The molecule has 0 aliphatic carbocycles. The van der Waals surface area contributed by atoms with Gasteiger partial charge in [-0.25, -0.2) is 0 Å². The molecule has 98 valence electrons. The van der Waals surface area contributed by atoms with Crippen LogP contribution in [0.5, 0.6) is 0 Å². The van der Waals surface area contributed by atoms with E-state index in [-0.39, 0.29) is 6.10 Å². The largest absolute Gasteiger partial charge is 0.389 e. The summed E-state index contributed by atoms with van der Waals surface area (Å²) in [4.78, 5) is 1.93. The molecule has 5 nitrogen and oxygen atoms in total. The molecule has 1 aliphatic rings. The van der Waals surface area contributed by atoms with E-state index in [1.165, 1.54) is 0 Å². The molecule has 2 atom stereocenters. The van der Waals surface area contributed by atoms with Crippen molar-refractivity contribution in [1.82, 2.24) is 4.90 Å². The Hall–Kier alpha value is -0.670. The number of aliphatic hydroxyl groups excluding tert-OH is 1. The van der Waals surface area contributed by atoms with Gasteiger partial charge in [-0.1, -0.05) is 0 Å². The summed E-state index contributed by atoms with van der Waals surface area (Å²) in [5, 5.41) is 18.1. The summed E-state index contributed by atoms with van der Waals surface area (Å²) < 4.78 is 10.8. The molecule has 0 aromatic rings. The molecule has 1 heterocycles. The topological polar surface area (TPSA) is 65.7 Å². The monoisotopic (exact) mass is 242 g/mol. The maximum Gasteiger partial charge on any atom is 0.0900 e. The Balaban J connectivity index is 2.00. The fraction of sp³-hybridized carbons (Fsp3) is 0.917. The van der Waals surface area contributed by atoms with Gasteiger partial charge in [0.2, 0.25) is 0 Å². The maximum absolute atomic E-state index is 9.70. The first-order valence-electron chi connectivity index (χ1n) is 6.15. The van der Waals surface area contributed by atoms with Crippen LogP contribution in [0.15, 0.2) is 0 Å². The van der Waals surface area contributed by atoms with Crippen LogP contribution in [-0.4, -0.2) is 62.2 Å². The lowest BCUT2D eigenvalue weighted by Crippen LogP contribution is -2.33. The van der Waals surface area contributed by atoms with Crippen molar-refractivity contribution in [2.24, 2.45) is 0 Å². The number of nitrogens with zero attached hydrogens (tertiary/aromatic N) is 2. The van der Waals surface area contributed by atoms with Crippen molar-refractivity contribution >= 4 is 0 Å². The number of likely N-dealkylation sites (N-methyl/N-ethyl adjacent to an activating group) is 1. The van der Waals surface area contributed by atoms with Gasteiger partial charge < -0.3 is 19.5 Å². The summed E-state index contributed by atoms with van der Waals surface area (Å²) in [7, 11) is 1.89. The SMILES string of the molecule is CN(CCC#N)CC(O)COCC1CCCO1. The number of rotatable bonds is 8. The summed E-state index contributed by atoms with van der Waals surface area (Å²) in [6.07, 6.45) is 2.35. The molecule has 0 aromatic heterocycles. The van der Waals surface area contributed by atoms with Gasteiger partial charge in [-0.05, 0) is 19.9 Å². The minimum absolute atomic E-state index is 0.207. The van der Waals surface area contributed by atoms with Gasteiger partial charge in [-0.2, -0.15) is 5.26 Å². The van der Waals surface area contributed by atoms with Gasteiger partial charge >= 0.3 is 0 Å². The van der Waals surface area contributed by atoms with Gasteiger partial charge in [0.05, 0.1) is 31.5 Å². The summed E-state index contributed by atoms with van der Waals surface area (Å²) in [6, 6.07) is 2.08. The smallest absolute Gasteiger partial charge is 0.0900 e. The van der Waals surface area contributed by atoms with Crippen molar-refractivity contribution in [2.75, 3.05) is 40.0 Å². The number of ether oxygens (including phenoxy) is 2. The van der Waals surface area contributed by atoms with E-state index in [2.05, 4.69) is 6.07 Å². The minimum atomic E-state index is -0.500. The zero-order valence-electron chi connectivity index (χ0n) is 10.5. The first-order valence-corrected chi connectivity index (χ1v) is 6.15. The van der Waals surface area contributed by atoms with Gasteiger partial charge in [0, 0.05) is 26.1 Å². The Kier molecular flexibility index (Phi) is 7.13. The lowest BCUT2D eigenvalue weighted by atomic mass is 10.2. The van der Waals surface area contributed by atoms with E-state index in [9.17, 15) is 5.11 Å². The highest BCUT2D eigenvalue weighted by atomic mass is 16.5. The standard InChI is InChI=1S/C12H22N2O3/c1-14(6-3-5-13)8-11(15)9-16-10-12-4-2-7-17-12/h11-12,15H,2-4,6-10H2,1H3. The normalized spacial score (nSPS) is 21.6. The fourth-order valence-corrected chi connectivity index (χ4v) is 1.86. The lowest BCUT2D eigenvalue weighted by Gasteiger charge is -2.20. The summed E-state index contributed by atoms with van der Waals surface area (Å²) >= 11 is 0. The van der Waals surface area contributed by atoms with Crippen LogP contribution < -0.4 is 0 Å². The van der Waals surface area contributed by atoms with Gasteiger partial charge in [0.15, 0.2) is 0 Å². The van der Waals surface area contributed by atoms with E-state index in [1.807, 2.05) is 11.9 Å². The van der Waals surface area contributed by atoms with E-state index in [1.54, 1.807) is 0 Å². The average Bonchev–Trinajstić information content (AvgIpc) is 2.79. The molecule has 0 bridgehead atoms. The number of aliphatic hydroxyl groups is 1. The van der Waals surface area contributed by atoms with Gasteiger partial charge in [0.25, 0.3) is 0 Å². The Morgan fingerprint density at radius 3 is 3.12 bits per heavy atom. The quantitative estimate of drug-likeness (QED) is 0.667. The molecule has 2 unspecified atom stereocenters. The predicted molar refractivity (Wildman–Crippen MR) is 63.5 cm³/mol. The van der Waals surface area contributed by atoms with Crippen LogP contribution in [-0.2, 0) is 9.47 Å². The number of hydrogen-bond donors (Lipinski definition) is 1. The predicted octanol–water partition coefficient (Wildman–Crippen LogP) is 0.388. The lowest BCUT2D eigenvalue weighted by molar-refractivity contribution is -0.0232. The maximum atomic E-state index is 9.70. The third-order valence-electron chi connectivity index (χ3n) is 2.77. The second-order valence-electron chi connectivity index (χ2n) is 4.50. The van der Waals surface area contributed by atoms with Crippen molar-refractivity contribution < 1.29 is 14.6 Å². The Labute approximate surface area is 103 Å². The molecule has 0 aromatic carbocycles. The molecule has 0 spiro atoms. The van der Waals surface area contributed by atoms with Crippen LogP contribution in [0.25, 0.3) is 0 Å². The molecule has 17 heavy (non-hydrogen) atoms. The molecule has 1 aliphatic heterocycles. The molecule has 1 N–H and O–H groups in total. The van der Waals surface area contributed by atoms with Crippen molar-refractivity contribution in [3.63, 3.8) is 0 Å². The molecule has 0 amide bonds. The Morgan fingerprint density at radius 1 is 1.65 bits per heavy atom. The van der Waals surface area contributed by atoms with Gasteiger partial charge in [0.1, 0.15) is 0 Å². The first kappa shape index (κ1) is 14.4. The molecule has 0 radical (unpaired) electrons. The molecule has 1 fully saturated rings. The number of nitriles is 1. The average molecular weight is 242 g/mol. The van der Waals surface area contributed by atoms with Crippen LogP contribution in [0.3, 0.4) is 0 Å². The van der Waals surface area contributed by atoms with Crippen molar-refractivity contribution in [3.8, 4) is 6.07 Å². The van der Waals surface area contributed by atoms with Gasteiger partial charge in [-0.15, -0.1) is 0 Å². The second-order valence-corrected chi connectivity index (χ2v) is 4.50.